The van der Waals surface area contributed by atoms with Crippen molar-refractivity contribution in [3.05, 3.63) is 307 Å². The van der Waals surface area contributed by atoms with Gasteiger partial charge in [-0.1, -0.05) is 212 Å². The van der Waals surface area contributed by atoms with Crippen LogP contribution >= 0.6 is 11.3 Å². The Morgan fingerprint density at radius 1 is 0.359 bits per heavy atom. The predicted octanol–water partition coefficient (Wildman–Crippen LogP) is 20.0. The van der Waals surface area contributed by atoms with E-state index >= 15 is 0 Å². The third-order valence-corrected chi connectivity index (χ3v) is 17.7. The number of thiophene rings is 1. The number of pyridine rings is 1. The van der Waals surface area contributed by atoms with Gasteiger partial charge in [-0.15, -0.1) is 11.3 Å². The monoisotopic (exact) mass is 1010 g/mol. The number of rotatable bonds is 8. The van der Waals surface area contributed by atoms with Crippen LogP contribution in [0, 0.1) is 0 Å². The van der Waals surface area contributed by atoms with Crippen molar-refractivity contribution in [1.82, 2.24) is 9.55 Å². The zero-order valence-electron chi connectivity index (χ0n) is 42.4. The van der Waals surface area contributed by atoms with E-state index in [4.69, 9.17) is 4.98 Å². The third kappa shape index (κ3) is 6.67. The van der Waals surface area contributed by atoms with E-state index in [-0.39, 0.29) is 0 Å². The number of para-hydroxylation sites is 3. The fraction of sp³-hybridized carbons (Fsp3) is 0.0135. The van der Waals surface area contributed by atoms with Gasteiger partial charge in [0.2, 0.25) is 0 Å². The molecule has 0 amide bonds. The maximum absolute atomic E-state index is 5.43. The molecule has 1 aliphatic carbocycles. The van der Waals surface area contributed by atoms with Crippen LogP contribution in [0.4, 0.5) is 17.1 Å². The maximum atomic E-state index is 5.43. The minimum atomic E-state index is -0.495. The molecule has 0 unspecified atom stereocenters. The Morgan fingerprint density at radius 3 is 1.67 bits per heavy atom. The topological polar surface area (TPSA) is 21.1 Å². The molecular weight excluding hydrogens is 963 g/mol. The van der Waals surface area contributed by atoms with Crippen LogP contribution in [0.25, 0.3) is 103 Å². The standard InChI is InChI=1S/C74H47N3S/c1-4-18-51(19-5-1)74(52-20-6-2-7-21-52)65-28-14-10-24-57(65)64-47-56(41-45-66(64)74)76(54-37-32-48(33-38-54)50-36-42-59-58-25-12-16-30-68(58)77(69(59)46-50)53-22-8-3-9-23-53)55-39-34-49(35-40-55)72-63-44-43-61-60-26-13-17-31-70(60)78-73(61)71(63)62-27-11-15-29-67(62)75-72/h1-47H. The van der Waals surface area contributed by atoms with Gasteiger partial charge >= 0.3 is 0 Å². The molecule has 364 valence electrons. The summed E-state index contributed by atoms with van der Waals surface area (Å²) in [5.41, 5.74) is 19.2. The summed E-state index contributed by atoms with van der Waals surface area (Å²) in [5, 5.41) is 8.69. The third-order valence-electron chi connectivity index (χ3n) is 16.5. The highest BCUT2D eigenvalue weighted by atomic mass is 32.1. The highest BCUT2D eigenvalue weighted by molar-refractivity contribution is 7.26. The molecular formula is C74H47N3S. The van der Waals surface area contributed by atoms with Crippen LogP contribution in [-0.4, -0.2) is 9.55 Å². The summed E-state index contributed by atoms with van der Waals surface area (Å²) in [7, 11) is 0. The first-order valence-electron chi connectivity index (χ1n) is 26.8. The van der Waals surface area contributed by atoms with Gasteiger partial charge in [-0.25, -0.2) is 4.98 Å². The average Bonchev–Trinajstić information content (AvgIpc) is 4.30. The number of benzene rings is 12. The van der Waals surface area contributed by atoms with Crippen molar-refractivity contribution in [3.8, 4) is 39.2 Å². The molecule has 0 atom stereocenters. The summed E-state index contributed by atoms with van der Waals surface area (Å²) in [6.07, 6.45) is 0. The number of aromatic nitrogens is 2. The van der Waals surface area contributed by atoms with Crippen LogP contribution in [0.5, 0.6) is 0 Å². The summed E-state index contributed by atoms with van der Waals surface area (Å²) in [6.45, 7) is 0. The van der Waals surface area contributed by atoms with Gasteiger partial charge in [0.05, 0.1) is 27.7 Å². The van der Waals surface area contributed by atoms with E-state index in [0.717, 1.165) is 50.5 Å². The first kappa shape index (κ1) is 44.4. The molecule has 0 bridgehead atoms. The van der Waals surface area contributed by atoms with Crippen molar-refractivity contribution in [2.45, 2.75) is 5.41 Å². The zero-order valence-corrected chi connectivity index (χ0v) is 43.2. The van der Waals surface area contributed by atoms with E-state index in [9.17, 15) is 0 Å². The first-order chi connectivity index (χ1) is 38.7. The summed E-state index contributed by atoms with van der Waals surface area (Å²) in [6, 6.07) is 105. The molecule has 3 heterocycles. The molecule has 1 aliphatic rings. The van der Waals surface area contributed by atoms with Crippen molar-refractivity contribution >= 4 is 92.1 Å². The second-order valence-electron chi connectivity index (χ2n) is 20.5. The van der Waals surface area contributed by atoms with Gasteiger partial charge in [0, 0.05) is 75.4 Å². The second kappa shape index (κ2) is 17.6. The van der Waals surface area contributed by atoms with Crippen molar-refractivity contribution < 1.29 is 0 Å². The lowest BCUT2D eigenvalue weighted by atomic mass is 9.68. The fourth-order valence-electron chi connectivity index (χ4n) is 13.0. The van der Waals surface area contributed by atoms with Gasteiger partial charge in [0.1, 0.15) is 0 Å². The van der Waals surface area contributed by atoms with Crippen molar-refractivity contribution in [2.75, 3.05) is 4.90 Å². The second-order valence-corrected chi connectivity index (χ2v) is 21.6. The van der Waals surface area contributed by atoms with E-state index in [1.807, 2.05) is 11.3 Å². The van der Waals surface area contributed by atoms with Crippen LogP contribution < -0.4 is 4.90 Å². The molecule has 78 heavy (non-hydrogen) atoms. The molecule has 0 radical (unpaired) electrons. The summed E-state index contributed by atoms with van der Waals surface area (Å²) in [5.74, 6) is 0. The normalized spacial score (nSPS) is 12.7. The molecule has 3 nitrogen and oxygen atoms in total. The van der Waals surface area contributed by atoms with Crippen molar-refractivity contribution in [1.29, 1.82) is 0 Å². The highest BCUT2D eigenvalue weighted by Gasteiger charge is 2.46. The Balaban J connectivity index is 0.865. The average molecular weight is 1010 g/mol. The minimum Gasteiger partial charge on any atom is -0.310 e. The van der Waals surface area contributed by atoms with Crippen molar-refractivity contribution in [3.63, 3.8) is 0 Å². The van der Waals surface area contributed by atoms with Gasteiger partial charge in [0.25, 0.3) is 0 Å². The van der Waals surface area contributed by atoms with Gasteiger partial charge in [-0.3, -0.25) is 0 Å². The molecule has 0 saturated carbocycles. The lowest BCUT2D eigenvalue weighted by Crippen LogP contribution is -2.28. The Morgan fingerprint density at radius 2 is 0.910 bits per heavy atom. The summed E-state index contributed by atoms with van der Waals surface area (Å²) < 4.78 is 5.00. The lowest BCUT2D eigenvalue weighted by Gasteiger charge is -2.34. The molecule has 0 fully saturated rings. The number of nitrogens with zero attached hydrogens (tertiary/aromatic N) is 3. The molecule has 0 saturated heterocycles. The van der Waals surface area contributed by atoms with Gasteiger partial charge in [-0.2, -0.15) is 0 Å². The molecule has 16 rings (SSSR count). The zero-order chi connectivity index (χ0) is 51.3. The highest BCUT2D eigenvalue weighted by Crippen LogP contribution is 2.57. The minimum absolute atomic E-state index is 0.495. The van der Waals surface area contributed by atoms with E-state index < -0.39 is 5.41 Å². The van der Waals surface area contributed by atoms with Gasteiger partial charge < -0.3 is 9.47 Å². The lowest BCUT2D eigenvalue weighted by molar-refractivity contribution is 0.768. The van der Waals surface area contributed by atoms with E-state index in [1.165, 1.54) is 91.7 Å². The van der Waals surface area contributed by atoms with Crippen LogP contribution in [0.1, 0.15) is 22.3 Å². The van der Waals surface area contributed by atoms with Crippen LogP contribution in [-0.2, 0) is 5.41 Å². The van der Waals surface area contributed by atoms with E-state index in [0.29, 0.717) is 0 Å². The summed E-state index contributed by atoms with van der Waals surface area (Å²) in [4.78, 5) is 7.85. The largest absolute Gasteiger partial charge is 0.310 e. The molecule has 0 spiro atoms. The van der Waals surface area contributed by atoms with Crippen molar-refractivity contribution in [2.24, 2.45) is 0 Å². The maximum Gasteiger partial charge on any atom is 0.0788 e. The number of anilines is 3. The van der Waals surface area contributed by atoms with E-state index in [1.54, 1.807) is 0 Å². The Kier molecular flexibility index (Phi) is 10.0. The number of hydrogen-bond donors (Lipinski definition) is 0. The van der Waals surface area contributed by atoms with Crippen LogP contribution in [0.3, 0.4) is 0 Å². The van der Waals surface area contributed by atoms with Gasteiger partial charge in [0.15, 0.2) is 0 Å². The van der Waals surface area contributed by atoms with Crippen LogP contribution in [0.15, 0.2) is 285 Å². The quantitative estimate of drug-likeness (QED) is 0.141. The number of hydrogen-bond acceptors (Lipinski definition) is 3. The SMILES string of the molecule is c1ccc(-n2c3ccccc3c3ccc(-c4ccc(N(c5ccc(-c6nc7ccccc7c7c6ccc6c8ccccc8sc67)cc5)c5ccc6c(c5)-c5ccccc5C6(c5ccccc5)c5ccccc5)cc4)cc32)cc1. The Bertz CT molecular complexity index is 4790. The van der Waals surface area contributed by atoms with Gasteiger partial charge in [-0.05, 0) is 117 Å². The molecule has 3 aromatic heterocycles. The van der Waals surface area contributed by atoms with Crippen LogP contribution in [0.2, 0.25) is 0 Å². The summed E-state index contributed by atoms with van der Waals surface area (Å²) >= 11 is 1.88. The smallest absolute Gasteiger partial charge is 0.0788 e. The molecule has 12 aromatic carbocycles. The first-order valence-corrected chi connectivity index (χ1v) is 27.6. The fourth-order valence-corrected chi connectivity index (χ4v) is 14.3. The predicted molar refractivity (Wildman–Crippen MR) is 329 cm³/mol. The molecule has 15 aromatic rings. The van der Waals surface area contributed by atoms with E-state index in [2.05, 4.69) is 295 Å². The number of fused-ring (bicyclic) bond motifs is 13. The molecule has 4 heteroatoms. The Hall–Kier alpha value is -9.87. The Labute approximate surface area is 455 Å². The molecule has 0 aliphatic heterocycles. The molecule has 0 N–H and O–H groups in total.